The summed E-state index contributed by atoms with van der Waals surface area (Å²) >= 11 is 0. The maximum absolute atomic E-state index is 13.9. The van der Waals surface area contributed by atoms with Gasteiger partial charge in [0.05, 0.1) is 17.1 Å². The maximum Gasteiger partial charge on any atom is 0.330 e. The van der Waals surface area contributed by atoms with Gasteiger partial charge in [-0.1, -0.05) is 44.5 Å². The number of amides is 1. The Labute approximate surface area is 257 Å². The van der Waals surface area contributed by atoms with Crippen LogP contribution in [0.4, 0.5) is 8.78 Å². The molecule has 0 aliphatic carbocycles. The van der Waals surface area contributed by atoms with Gasteiger partial charge in [-0.05, 0) is 60.2 Å². The number of halogens is 2. The van der Waals surface area contributed by atoms with E-state index >= 15 is 0 Å². The van der Waals surface area contributed by atoms with E-state index in [-0.39, 0.29) is 29.8 Å². The van der Waals surface area contributed by atoms with E-state index in [9.17, 15) is 26.8 Å². The van der Waals surface area contributed by atoms with Crippen LogP contribution < -0.4 is 16.4 Å². The van der Waals surface area contributed by atoms with Crippen LogP contribution in [0.2, 0.25) is 0 Å². The summed E-state index contributed by atoms with van der Waals surface area (Å²) in [6.07, 6.45) is 3.55. The molecule has 3 rings (SSSR count). The Morgan fingerprint density at radius 1 is 1.00 bits per heavy atom. The van der Waals surface area contributed by atoms with Crippen molar-refractivity contribution in [2.75, 3.05) is 18.1 Å². The molecular formula is C32H40F2N4O5S. The molecule has 0 saturated carbocycles. The number of hydrogen-bond acceptors (Lipinski definition) is 8. The van der Waals surface area contributed by atoms with Crippen molar-refractivity contribution >= 4 is 21.7 Å². The Kier molecular flexibility index (Phi) is 13.4. The van der Waals surface area contributed by atoms with E-state index in [1.807, 2.05) is 38.1 Å². The van der Waals surface area contributed by atoms with Crippen LogP contribution in [-0.4, -0.2) is 61.5 Å². The zero-order valence-electron chi connectivity index (χ0n) is 25.0. The number of nitrogens with zero attached hydrogens (tertiary/aromatic N) is 1. The van der Waals surface area contributed by atoms with Crippen LogP contribution in [0.5, 0.6) is 0 Å². The molecule has 0 aliphatic heterocycles. The van der Waals surface area contributed by atoms with Gasteiger partial charge in [0.1, 0.15) is 23.8 Å². The molecule has 1 amide bonds. The lowest BCUT2D eigenvalue weighted by atomic mass is 10.0. The fourth-order valence-electron chi connectivity index (χ4n) is 4.57. The van der Waals surface area contributed by atoms with Crippen molar-refractivity contribution in [2.24, 2.45) is 5.73 Å². The lowest BCUT2D eigenvalue weighted by molar-refractivity contribution is -0.151. The molecule has 0 spiro atoms. The third-order valence-electron chi connectivity index (χ3n) is 6.96. The average molecular weight is 631 g/mol. The molecule has 1 aromatic heterocycles. The number of carbonyl (C=O) groups is 2. The van der Waals surface area contributed by atoms with Gasteiger partial charge in [0.2, 0.25) is 0 Å². The Bertz CT molecular complexity index is 1470. The minimum atomic E-state index is -3.75. The third kappa shape index (κ3) is 11.4. The lowest BCUT2D eigenvalue weighted by Gasteiger charge is -2.27. The normalized spacial score (nSPS) is 13.6. The maximum atomic E-state index is 13.9. The molecule has 238 valence electrons. The van der Waals surface area contributed by atoms with Gasteiger partial charge >= 0.3 is 5.97 Å². The monoisotopic (exact) mass is 630 g/mol. The summed E-state index contributed by atoms with van der Waals surface area (Å²) < 4.78 is 59.2. The van der Waals surface area contributed by atoms with Crippen molar-refractivity contribution in [3.8, 4) is 0 Å². The highest BCUT2D eigenvalue weighted by Crippen LogP contribution is 2.14. The highest BCUT2D eigenvalue weighted by atomic mass is 32.2. The van der Waals surface area contributed by atoms with Crippen molar-refractivity contribution in [3.05, 3.63) is 101 Å². The number of sulfone groups is 1. The Hall–Kier alpha value is -3.74. The fraction of sp³-hybridized carbons (Fsp3) is 0.406. The first-order valence-corrected chi connectivity index (χ1v) is 16.4. The van der Waals surface area contributed by atoms with E-state index in [4.69, 9.17) is 10.5 Å². The number of pyridine rings is 1. The van der Waals surface area contributed by atoms with Gasteiger partial charge in [0.15, 0.2) is 9.84 Å². The summed E-state index contributed by atoms with van der Waals surface area (Å²) in [6, 6.07) is 11.5. The number of rotatable bonds is 17. The molecule has 3 aromatic rings. The van der Waals surface area contributed by atoms with E-state index < -0.39 is 57.3 Å². The molecule has 0 aliphatic rings. The van der Waals surface area contributed by atoms with E-state index in [1.54, 1.807) is 0 Å². The second kappa shape index (κ2) is 16.9. The predicted octanol–water partition coefficient (Wildman–Crippen LogP) is 3.51. The number of nitrogens with one attached hydrogen (secondary N) is 2. The molecule has 0 saturated heterocycles. The van der Waals surface area contributed by atoms with Gasteiger partial charge in [-0.2, -0.15) is 0 Å². The zero-order valence-corrected chi connectivity index (χ0v) is 25.8. The SMILES string of the molecule is CCCCS(=O)(=O)C[C@@H](NC(=O)c1cccnc1)C(=O)O[C@H](CNCc1cccc(CC)c1)[C@@H](N)Cc1cc(F)cc(F)c1. The number of esters is 1. The van der Waals surface area contributed by atoms with Crippen molar-refractivity contribution in [3.63, 3.8) is 0 Å². The van der Waals surface area contributed by atoms with Crippen LogP contribution in [0.3, 0.4) is 0 Å². The quantitative estimate of drug-likeness (QED) is 0.193. The fourth-order valence-corrected chi connectivity index (χ4v) is 6.19. The molecule has 0 fully saturated rings. The van der Waals surface area contributed by atoms with Gasteiger partial charge < -0.3 is 21.1 Å². The van der Waals surface area contributed by atoms with E-state index in [0.717, 1.165) is 35.7 Å². The number of aromatic nitrogens is 1. The van der Waals surface area contributed by atoms with Crippen LogP contribution in [0.25, 0.3) is 0 Å². The summed E-state index contributed by atoms with van der Waals surface area (Å²) in [5.41, 5.74) is 8.96. The Morgan fingerprint density at radius 2 is 1.73 bits per heavy atom. The number of nitrogens with two attached hydrogens (primary N) is 1. The number of hydrogen-bond donors (Lipinski definition) is 3. The molecule has 0 radical (unpaired) electrons. The van der Waals surface area contributed by atoms with E-state index in [0.29, 0.717) is 19.4 Å². The second-order valence-electron chi connectivity index (χ2n) is 10.7. The number of ether oxygens (including phenoxy) is 1. The topological polar surface area (TPSA) is 140 Å². The number of aryl methyl sites for hydroxylation is 1. The van der Waals surface area contributed by atoms with Crippen LogP contribution >= 0.6 is 0 Å². The standard InChI is InChI=1S/C32H40F2N4O5S/c1-3-5-12-44(41,42)21-29(38-31(39)25-10-7-11-36-19-25)32(40)43-30(20-37-18-23-9-6-8-22(4-2)13-23)28(35)16-24-14-26(33)17-27(34)15-24/h6-11,13-15,17,19,28-30,37H,3-5,12,16,18,20-21,35H2,1-2H3,(H,38,39)/t28-,29+,30+/m0/s1. The van der Waals surface area contributed by atoms with Gasteiger partial charge in [-0.3, -0.25) is 9.78 Å². The highest BCUT2D eigenvalue weighted by molar-refractivity contribution is 7.91. The lowest BCUT2D eigenvalue weighted by Crippen LogP contribution is -2.51. The van der Waals surface area contributed by atoms with Crippen molar-refractivity contribution < 1.29 is 31.5 Å². The summed E-state index contributed by atoms with van der Waals surface area (Å²) in [5.74, 6) is -4.08. The first-order valence-electron chi connectivity index (χ1n) is 14.6. The van der Waals surface area contributed by atoms with Crippen LogP contribution in [0, 0.1) is 11.6 Å². The molecule has 1 heterocycles. The predicted molar refractivity (Wildman–Crippen MR) is 164 cm³/mol. The minimum absolute atomic E-state index is 0.0405. The van der Waals surface area contributed by atoms with Crippen LogP contribution in [0.1, 0.15) is 53.7 Å². The number of carbonyl (C=O) groups excluding carboxylic acids is 2. The van der Waals surface area contributed by atoms with Crippen LogP contribution in [0.15, 0.2) is 67.0 Å². The number of benzene rings is 2. The minimum Gasteiger partial charge on any atom is -0.458 e. The smallest absolute Gasteiger partial charge is 0.330 e. The van der Waals surface area contributed by atoms with E-state index in [2.05, 4.69) is 15.6 Å². The molecule has 9 nitrogen and oxygen atoms in total. The summed E-state index contributed by atoms with van der Waals surface area (Å²) in [6.45, 7) is 4.35. The highest BCUT2D eigenvalue weighted by Gasteiger charge is 2.32. The zero-order chi connectivity index (χ0) is 32.1. The first kappa shape index (κ1) is 34.7. The Balaban J connectivity index is 1.83. The molecular weight excluding hydrogens is 590 g/mol. The van der Waals surface area contributed by atoms with Gasteiger partial charge in [0.25, 0.3) is 5.91 Å². The van der Waals surface area contributed by atoms with Gasteiger partial charge in [-0.15, -0.1) is 0 Å². The van der Waals surface area contributed by atoms with Crippen molar-refractivity contribution in [1.29, 1.82) is 0 Å². The largest absolute Gasteiger partial charge is 0.458 e. The third-order valence-corrected chi connectivity index (χ3v) is 8.71. The van der Waals surface area contributed by atoms with Gasteiger partial charge in [0, 0.05) is 37.6 Å². The molecule has 3 atom stereocenters. The molecule has 0 unspecified atom stereocenters. The molecule has 44 heavy (non-hydrogen) atoms. The van der Waals surface area contributed by atoms with Gasteiger partial charge in [-0.25, -0.2) is 22.0 Å². The molecule has 12 heteroatoms. The summed E-state index contributed by atoms with van der Waals surface area (Å²) in [4.78, 5) is 30.3. The second-order valence-corrected chi connectivity index (χ2v) is 12.9. The molecule has 2 aromatic carbocycles. The van der Waals surface area contributed by atoms with E-state index in [1.165, 1.54) is 24.5 Å². The molecule has 4 N–H and O–H groups in total. The Morgan fingerprint density at radius 3 is 2.39 bits per heavy atom. The van der Waals surface area contributed by atoms with Crippen molar-refractivity contribution in [2.45, 2.75) is 64.3 Å². The molecule has 0 bridgehead atoms. The number of unbranched alkanes of at least 4 members (excludes halogenated alkanes) is 1. The summed E-state index contributed by atoms with van der Waals surface area (Å²) in [7, 11) is -3.75. The first-order chi connectivity index (χ1) is 21.0. The van der Waals surface area contributed by atoms with Crippen molar-refractivity contribution in [1.82, 2.24) is 15.6 Å². The van der Waals surface area contributed by atoms with Crippen LogP contribution in [-0.2, 0) is 38.8 Å². The summed E-state index contributed by atoms with van der Waals surface area (Å²) in [5, 5.41) is 5.69. The average Bonchev–Trinajstić information content (AvgIpc) is 2.99.